The monoisotopic (exact) mass is 441 g/mol. The van der Waals surface area contributed by atoms with Gasteiger partial charge in [0.2, 0.25) is 0 Å². The third-order valence-corrected chi connectivity index (χ3v) is 5.38. The third-order valence-electron chi connectivity index (χ3n) is 5.38. The molecule has 0 aliphatic carbocycles. The van der Waals surface area contributed by atoms with E-state index in [9.17, 15) is 14.4 Å². The topological polar surface area (TPSA) is 101 Å². The van der Waals surface area contributed by atoms with Crippen LogP contribution in [0.3, 0.4) is 0 Å². The second-order valence-electron chi connectivity index (χ2n) is 7.79. The Balaban J connectivity index is 1.45. The second-order valence-corrected chi connectivity index (χ2v) is 7.79. The lowest BCUT2D eigenvalue weighted by molar-refractivity contribution is -0.119. The molecular formula is C26H23N3O4. The number of nitrogens with one attached hydrogen (secondary N) is 2. The summed E-state index contributed by atoms with van der Waals surface area (Å²) in [5.74, 6) is -0.611. The molecular weight excluding hydrogens is 418 g/mol. The number of hydrogen-bond acceptors (Lipinski definition) is 5. The van der Waals surface area contributed by atoms with Gasteiger partial charge in [-0.3, -0.25) is 9.59 Å². The number of aromatic nitrogens is 2. The molecule has 0 saturated heterocycles. The molecule has 1 heterocycles. The summed E-state index contributed by atoms with van der Waals surface area (Å²) in [5, 5.41) is 3.23. The SMILES string of the molecule is Cc1ccc(NC(=O)COC(=O)c2ccccc2Cc2nc3ccccc3c(=O)[nH]2)cc1C. The molecule has 33 heavy (non-hydrogen) atoms. The van der Waals surface area contributed by atoms with E-state index in [0.717, 1.165) is 11.1 Å². The van der Waals surface area contributed by atoms with Crippen LogP contribution in [-0.2, 0) is 16.0 Å². The number of nitrogens with zero attached hydrogens (tertiary/aromatic N) is 1. The number of fused-ring (bicyclic) bond motifs is 1. The molecule has 0 fully saturated rings. The van der Waals surface area contributed by atoms with Crippen molar-refractivity contribution in [1.29, 1.82) is 0 Å². The fraction of sp³-hybridized carbons (Fsp3) is 0.154. The van der Waals surface area contributed by atoms with Crippen LogP contribution in [0.5, 0.6) is 0 Å². The van der Waals surface area contributed by atoms with Crippen molar-refractivity contribution in [3.8, 4) is 0 Å². The fourth-order valence-electron chi connectivity index (χ4n) is 3.50. The summed E-state index contributed by atoms with van der Waals surface area (Å²) < 4.78 is 5.25. The maximum atomic E-state index is 12.7. The molecule has 0 unspecified atom stereocenters. The first-order valence-corrected chi connectivity index (χ1v) is 10.5. The lowest BCUT2D eigenvalue weighted by atomic mass is 10.0. The molecule has 4 aromatic rings. The predicted octanol–water partition coefficient (Wildman–Crippen LogP) is 3.93. The third kappa shape index (κ3) is 5.15. The number of hydrogen-bond donors (Lipinski definition) is 2. The van der Waals surface area contributed by atoms with E-state index >= 15 is 0 Å². The van der Waals surface area contributed by atoms with Gasteiger partial charge in [0, 0.05) is 12.1 Å². The van der Waals surface area contributed by atoms with E-state index in [0.29, 0.717) is 33.5 Å². The minimum absolute atomic E-state index is 0.236. The van der Waals surface area contributed by atoms with Gasteiger partial charge in [0.05, 0.1) is 16.5 Å². The molecule has 0 spiro atoms. The number of esters is 1. The van der Waals surface area contributed by atoms with Gasteiger partial charge in [-0.15, -0.1) is 0 Å². The number of ether oxygens (including phenoxy) is 1. The predicted molar refractivity (Wildman–Crippen MR) is 126 cm³/mol. The van der Waals surface area contributed by atoms with E-state index < -0.39 is 18.5 Å². The van der Waals surface area contributed by atoms with E-state index in [1.165, 1.54) is 0 Å². The smallest absolute Gasteiger partial charge is 0.338 e. The van der Waals surface area contributed by atoms with Crippen LogP contribution in [0.2, 0.25) is 0 Å². The van der Waals surface area contributed by atoms with Crippen molar-refractivity contribution in [1.82, 2.24) is 9.97 Å². The number of para-hydroxylation sites is 1. The molecule has 0 bridgehead atoms. The highest BCUT2D eigenvalue weighted by molar-refractivity contribution is 5.96. The van der Waals surface area contributed by atoms with Gasteiger partial charge in [0.25, 0.3) is 11.5 Å². The van der Waals surface area contributed by atoms with E-state index in [2.05, 4.69) is 15.3 Å². The number of aryl methyl sites for hydroxylation is 2. The van der Waals surface area contributed by atoms with Crippen molar-refractivity contribution in [2.24, 2.45) is 0 Å². The Kier molecular flexibility index (Phi) is 6.31. The average Bonchev–Trinajstić information content (AvgIpc) is 2.80. The summed E-state index contributed by atoms with van der Waals surface area (Å²) in [6.07, 6.45) is 0.236. The van der Waals surface area contributed by atoms with Crippen LogP contribution in [0.25, 0.3) is 10.9 Å². The van der Waals surface area contributed by atoms with Crippen LogP contribution >= 0.6 is 0 Å². The lowest BCUT2D eigenvalue weighted by Crippen LogP contribution is -2.21. The Labute approximate surface area is 190 Å². The van der Waals surface area contributed by atoms with Crippen molar-refractivity contribution >= 4 is 28.5 Å². The summed E-state index contributed by atoms with van der Waals surface area (Å²) in [7, 11) is 0. The van der Waals surface area contributed by atoms with Crippen LogP contribution < -0.4 is 10.9 Å². The van der Waals surface area contributed by atoms with Gasteiger partial charge in [-0.25, -0.2) is 9.78 Å². The Morgan fingerprint density at radius 2 is 1.73 bits per heavy atom. The van der Waals surface area contributed by atoms with Crippen molar-refractivity contribution < 1.29 is 14.3 Å². The van der Waals surface area contributed by atoms with Crippen molar-refractivity contribution in [3.63, 3.8) is 0 Å². The first-order chi connectivity index (χ1) is 15.9. The number of aromatic amines is 1. The molecule has 0 radical (unpaired) electrons. The van der Waals surface area contributed by atoms with E-state index in [1.807, 2.05) is 32.0 Å². The van der Waals surface area contributed by atoms with Crippen molar-refractivity contribution in [3.05, 3.63) is 105 Å². The first-order valence-electron chi connectivity index (χ1n) is 10.5. The molecule has 0 aliphatic heterocycles. The van der Waals surface area contributed by atoms with Crippen LogP contribution in [0, 0.1) is 13.8 Å². The molecule has 7 nitrogen and oxygen atoms in total. The summed E-state index contributed by atoms with van der Waals surface area (Å²) in [6, 6.07) is 19.5. The summed E-state index contributed by atoms with van der Waals surface area (Å²) in [4.78, 5) is 44.5. The van der Waals surface area contributed by atoms with Crippen molar-refractivity contribution in [2.75, 3.05) is 11.9 Å². The molecule has 1 amide bonds. The normalized spacial score (nSPS) is 10.7. The van der Waals surface area contributed by atoms with Gasteiger partial charge in [-0.1, -0.05) is 36.4 Å². The number of carbonyl (C=O) groups is 2. The number of rotatable bonds is 6. The van der Waals surface area contributed by atoms with Crippen LogP contribution in [0.15, 0.2) is 71.5 Å². The zero-order valence-electron chi connectivity index (χ0n) is 18.3. The standard InChI is InChI=1S/C26H23N3O4/c1-16-11-12-19(13-17(16)2)27-24(30)15-33-26(32)20-8-4-3-7-18(20)14-23-28-22-10-6-5-9-21(22)25(31)29-23/h3-13H,14-15H2,1-2H3,(H,27,30)(H,28,29,31). The molecule has 1 aromatic heterocycles. The van der Waals surface area contributed by atoms with Gasteiger partial charge in [-0.2, -0.15) is 0 Å². The van der Waals surface area contributed by atoms with Crippen LogP contribution in [0.1, 0.15) is 32.9 Å². The highest BCUT2D eigenvalue weighted by atomic mass is 16.5. The van der Waals surface area contributed by atoms with Gasteiger partial charge in [-0.05, 0) is 60.9 Å². The second kappa shape index (κ2) is 9.48. The van der Waals surface area contributed by atoms with Gasteiger partial charge in [0.15, 0.2) is 6.61 Å². The summed E-state index contributed by atoms with van der Waals surface area (Å²) in [6.45, 7) is 3.54. The zero-order chi connectivity index (χ0) is 23.4. The number of benzene rings is 3. The minimum Gasteiger partial charge on any atom is -0.452 e. The molecule has 7 heteroatoms. The fourth-order valence-corrected chi connectivity index (χ4v) is 3.50. The Hall–Kier alpha value is -4.26. The summed E-state index contributed by atoms with van der Waals surface area (Å²) in [5.41, 5.74) is 4.11. The van der Waals surface area contributed by atoms with Crippen LogP contribution in [-0.4, -0.2) is 28.5 Å². The first kappa shape index (κ1) is 22.0. The maximum Gasteiger partial charge on any atom is 0.338 e. The highest BCUT2D eigenvalue weighted by Gasteiger charge is 2.16. The quantitative estimate of drug-likeness (QED) is 0.442. The molecule has 3 aromatic carbocycles. The molecule has 4 rings (SSSR count). The molecule has 0 aliphatic rings. The number of anilines is 1. The van der Waals surface area contributed by atoms with Gasteiger partial charge < -0.3 is 15.0 Å². The molecule has 166 valence electrons. The lowest BCUT2D eigenvalue weighted by Gasteiger charge is -2.11. The van der Waals surface area contributed by atoms with Crippen molar-refractivity contribution in [2.45, 2.75) is 20.3 Å². The maximum absolute atomic E-state index is 12.7. The minimum atomic E-state index is -0.621. The number of carbonyl (C=O) groups excluding carboxylic acids is 2. The molecule has 2 N–H and O–H groups in total. The number of H-pyrrole nitrogens is 1. The highest BCUT2D eigenvalue weighted by Crippen LogP contribution is 2.16. The Morgan fingerprint density at radius 1 is 0.970 bits per heavy atom. The Bertz CT molecular complexity index is 1410. The van der Waals surface area contributed by atoms with Gasteiger partial charge >= 0.3 is 5.97 Å². The number of amides is 1. The largest absolute Gasteiger partial charge is 0.452 e. The van der Waals surface area contributed by atoms with E-state index in [1.54, 1.807) is 48.5 Å². The average molecular weight is 441 g/mol. The van der Waals surface area contributed by atoms with E-state index in [4.69, 9.17) is 4.74 Å². The van der Waals surface area contributed by atoms with Gasteiger partial charge in [0.1, 0.15) is 5.82 Å². The van der Waals surface area contributed by atoms with Crippen LogP contribution in [0.4, 0.5) is 5.69 Å². The molecule has 0 atom stereocenters. The Morgan fingerprint density at radius 3 is 2.55 bits per heavy atom. The van der Waals surface area contributed by atoms with E-state index in [-0.39, 0.29) is 12.0 Å². The summed E-state index contributed by atoms with van der Waals surface area (Å²) >= 11 is 0. The zero-order valence-corrected chi connectivity index (χ0v) is 18.3. The molecule has 0 saturated carbocycles.